The van der Waals surface area contributed by atoms with E-state index in [0.717, 1.165) is 18.5 Å². The number of benzene rings is 1. The average molecular weight is 308 g/mol. The third kappa shape index (κ3) is 2.52. The van der Waals surface area contributed by atoms with Gasteiger partial charge in [-0.1, -0.05) is 11.2 Å². The summed E-state index contributed by atoms with van der Waals surface area (Å²) in [5.74, 6) is 0.587. The molecule has 0 saturated carbocycles. The molecule has 4 rings (SSSR count). The van der Waals surface area contributed by atoms with E-state index in [2.05, 4.69) is 10.1 Å². The van der Waals surface area contributed by atoms with E-state index in [1.54, 1.807) is 0 Å². The van der Waals surface area contributed by atoms with Gasteiger partial charge in [-0.2, -0.15) is 4.98 Å². The maximum atomic E-state index is 12.9. The highest BCUT2D eigenvalue weighted by Gasteiger charge is 2.33. The van der Waals surface area contributed by atoms with Gasteiger partial charge in [-0.25, -0.2) is 0 Å². The first-order valence-corrected chi connectivity index (χ1v) is 7.63. The van der Waals surface area contributed by atoms with Crippen LogP contribution in [0.25, 0.3) is 5.69 Å². The smallest absolute Gasteiger partial charge is 0.254 e. The molecule has 0 aliphatic carbocycles. The molecule has 1 unspecified atom stereocenters. The zero-order valence-electron chi connectivity index (χ0n) is 12.5. The maximum absolute atomic E-state index is 12.9. The Bertz CT molecular complexity index is 796. The monoisotopic (exact) mass is 308 g/mol. The standard InChI is InChI=1S/C17H16N4O2/c22-17(21-10-4-7-15(21)16-18-12-23-19-16)13-5-3-6-14(11-13)20-8-1-2-9-20/h1-3,5-6,8-9,11-12,15H,4,7,10H2. The molecule has 6 nitrogen and oxygen atoms in total. The van der Waals surface area contributed by atoms with Crippen molar-refractivity contribution in [3.63, 3.8) is 0 Å². The molecule has 1 fully saturated rings. The number of hydrogen-bond donors (Lipinski definition) is 0. The second-order valence-electron chi connectivity index (χ2n) is 5.59. The summed E-state index contributed by atoms with van der Waals surface area (Å²) in [4.78, 5) is 18.8. The average Bonchev–Trinajstić information content (AvgIpc) is 3.35. The maximum Gasteiger partial charge on any atom is 0.254 e. The fourth-order valence-electron chi connectivity index (χ4n) is 3.08. The fourth-order valence-corrected chi connectivity index (χ4v) is 3.08. The summed E-state index contributed by atoms with van der Waals surface area (Å²) in [5.41, 5.74) is 1.64. The Kier molecular flexibility index (Phi) is 3.42. The zero-order chi connectivity index (χ0) is 15.6. The molecular weight excluding hydrogens is 292 g/mol. The van der Waals surface area contributed by atoms with Crippen LogP contribution in [0, 0.1) is 0 Å². The van der Waals surface area contributed by atoms with Crippen LogP contribution < -0.4 is 0 Å². The van der Waals surface area contributed by atoms with Gasteiger partial charge in [0.05, 0.1) is 6.04 Å². The van der Waals surface area contributed by atoms with E-state index in [0.29, 0.717) is 17.9 Å². The number of likely N-dealkylation sites (tertiary alicyclic amines) is 1. The summed E-state index contributed by atoms with van der Waals surface area (Å²) in [6.45, 7) is 0.714. The van der Waals surface area contributed by atoms with Crippen LogP contribution in [0.15, 0.2) is 59.7 Å². The van der Waals surface area contributed by atoms with E-state index in [4.69, 9.17) is 4.52 Å². The Balaban J connectivity index is 1.63. The molecule has 1 aliphatic rings. The minimum absolute atomic E-state index is 0.00584. The van der Waals surface area contributed by atoms with E-state index in [9.17, 15) is 4.79 Å². The Morgan fingerprint density at radius 2 is 2.09 bits per heavy atom. The van der Waals surface area contributed by atoms with Crippen molar-refractivity contribution in [3.8, 4) is 5.69 Å². The quantitative estimate of drug-likeness (QED) is 0.746. The summed E-state index contributed by atoms with van der Waals surface area (Å²) in [5, 5.41) is 3.90. The molecular formula is C17H16N4O2. The fraction of sp³-hybridized carbons (Fsp3) is 0.235. The predicted molar refractivity (Wildman–Crippen MR) is 83.1 cm³/mol. The van der Waals surface area contributed by atoms with Crippen LogP contribution in [0.3, 0.4) is 0 Å². The van der Waals surface area contributed by atoms with Gasteiger partial charge in [0, 0.05) is 30.2 Å². The number of hydrogen-bond acceptors (Lipinski definition) is 4. The van der Waals surface area contributed by atoms with E-state index in [-0.39, 0.29) is 11.9 Å². The number of nitrogens with zero attached hydrogens (tertiary/aromatic N) is 4. The number of aromatic nitrogens is 3. The lowest BCUT2D eigenvalue weighted by atomic mass is 10.1. The third-order valence-electron chi connectivity index (χ3n) is 4.19. The Labute approximate surface area is 133 Å². The molecule has 6 heteroatoms. The van der Waals surface area contributed by atoms with Crippen LogP contribution in [0.1, 0.15) is 35.1 Å². The molecule has 0 N–H and O–H groups in total. The zero-order valence-corrected chi connectivity index (χ0v) is 12.5. The van der Waals surface area contributed by atoms with E-state index < -0.39 is 0 Å². The summed E-state index contributed by atoms with van der Waals surface area (Å²) >= 11 is 0. The first-order chi connectivity index (χ1) is 11.3. The Morgan fingerprint density at radius 1 is 1.22 bits per heavy atom. The summed E-state index contributed by atoms with van der Waals surface area (Å²) in [6.07, 6.45) is 7.04. The summed E-state index contributed by atoms with van der Waals surface area (Å²) in [7, 11) is 0. The van der Waals surface area contributed by atoms with Gasteiger partial charge < -0.3 is 14.0 Å². The van der Waals surface area contributed by atoms with Crippen molar-refractivity contribution in [1.29, 1.82) is 0 Å². The lowest BCUT2D eigenvalue weighted by molar-refractivity contribution is 0.0728. The molecule has 1 aromatic carbocycles. The van der Waals surface area contributed by atoms with E-state index in [1.807, 2.05) is 58.3 Å². The van der Waals surface area contributed by atoms with Crippen LogP contribution in [-0.2, 0) is 0 Å². The Morgan fingerprint density at radius 3 is 2.87 bits per heavy atom. The lowest BCUT2D eigenvalue weighted by Crippen LogP contribution is -2.31. The minimum Gasteiger partial charge on any atom is -0.343 e. The molecule has 1 saturated heterocycles. The minimum atomic E-state index is -0.100. The molecule has 0 spiro atoms. The first-order valence-electron chi connectivity index (χ1n) is 7.63. The highest BCUT2D eigenvalue weighted by molar-refractivity contribution is 5.95. The number of amides is 1. The predicted octanol–water partition coefficient (Wildman–Crippen LogP) is 2.84. The van der Waals surface area contributed by atoms with Gasteiger partial charge in [-0.15, -0.1) is 0 Å². The Hall–Kier alpha value is -2.89. The van der Waals surface area contributed by atoms with Crippen molar-refractivity contribution < 1.29 is 9.32 Å². The van der Waals surface area contributed by atoms with Gasteiger partial charge in [-0.3, -0.25) is 4.79 Å². The van der Waals surface area contributed by atoms with Gasteiger partial charge in [0.25, 0.3) is 5.91 Å². The molecule has 1 atom stereocenters. The third-order valence-corrected chi connectivity index (χ3v) is 4.19. The van der Waals surface area contributed by atoms with E-state index in [1.165, 1.54) is 6.39 Å². The SMILES string of the molecule is O=C(c1cccc(-n2cccc2)c1)N1CCCC1c1ncon1. The number of rotatable bonds is 3. The second kappa shape index (κ2) is 5.72. The van der Waals surface area contributed by atoms with Crippen LogP contribution in [0.2, 0.25) is 0 Å². The highest BCUT2D eigenvalue weighted by Crippen LogP contribution is 2.31. The topological polar surface area (TPSA) is 64.2 Å². The van der Waals surface area contributed by atoms with Crippen LogP contribution >= 0.6 is 0 Å². The van der Waals surface area contributed by atoms with Gasteiger partial charge in [0.2, 0.25) is 6.39 Å². The molecule has 1 amide bonds. The van der Waals surface area contributed by atoms with Crippen molar-refractivity contribution in [2.75, 3.05) is 6.54 Å². The molecule has 2 aromatic heterocycles. The van der Waals surface area contributed by atoms with Crippen LogP contribution in [0.4, 0.5) is 0 Å². The van der Waals surface area contributed by atoms with Crippen molar-refractivity contribution in [2.45, 2.75) is 18.9 Å². The van der Waals surface area contributed by atoms with Crippen molar-refractivity contribution in [2.24, 2.45) is 0 Å². The molecule has 3 aromatic rings. The first kappa shape index (κ1) is 13.8. The van der Waals surface area contributed by atoms with Crippen molar-refractivity contribution in [3.05, 3.63) is 66.6 Å². The molecule has 0 bridgehead atoms. The normalized spacial score (nSPS) is 17.6. The number of carbonyl (C=O) groups is 1. The van der Waals surface area contributed by atoms with Gasteiger partial charge in [0.15, 0.2) is 5.82 Å². The van der Waals surface area contributed by atoms with Gasteiger partial charge in [0.1, 0.15) is 0 Å². The number of carbonyl (C=O) groups excluding carboxylic acids is 1. The van der Waals surface area contributed by atoms with Gasteiger partial charge >= 0.3 is 0 Å². The van der Waals surface area contributed by atoms with Gasteiger partial charge in [-0.05, 0) is 43.2 Å². The van der Waals surface area contributed by atoms with Crippen molar-refractivity contribution >= 4 is 5.91 Å². The molecule has 3 heterocycles. The molecule has 0 radical (unpaired) electrons. The molecule has 116 valence electrons. The van der Waals surface area contributed by atoms with Crippen molar-refractivity contribution in [1.82, 2.24) is 19.6 Å². The summed E-state index contributed by atoms with van der Waals surface area (Å²) in [6, 6.07) is 11.5. The largest absolute Gasteiger partial charge is 0.343 e. The second-order valence-corrected chi connectivity index (χ2v) is 5.59. The highest BCUT2D eigenvalue weighted by atomic mass is 16.5. The van der Waals surface area contributed by atoms with Crippen LogP contribution in [-0.4, -0.2) is 32.1 Å². The molecule has 1 aliphatic heterocycles. The van der Waals surface area contributed by atoms with E-state index >= 15 is 0 Å². The summed E-state index contributed by atoms with van der Waals surface area (Å²) < 4.78 is 6.81. The molecule has 23 heavy (non-hydrogen) atoms. The lowest BCUT2D eigenvalue weighted by Gasteiger charge is -2.22. The van der Waals surface area contributed by atoms with Crippen LogP contribution in [0.5, 0.6) is 0 Å².